The molecule has 0 spiro atoms. The maximum Gasteiger partial charge on any atom is 0.258 e. The molecule has 0 fully saturated rings. The van der Waals surface area contributed by atoms with Gasteiger partial charge in [0, 0.05) is 43.4 Å². The van der Waals surface area contributed by atoms with E-state index in [0.29, 0.717) is 34.6 Å². The number of rotatable bonds is 3. The van der Waals surface area contributed by atoms with Crippen LogP contribution in [0.4, 0.5) is 25.8 Å². The van der Waals surface area contributed by atoms with Crippen molar-refractivity contribution in [1.29, 1.82) is 0 Å². The molecule has 4 nitrogen and oxygen atoms in total. The number of halogens is 2. The number of carbonyl (C=O) groups excluding carboxylic acids is 1. The van der Waals surface area contributed by atoms with Crippen molar-refractivity contribution in [2.75, 3.05) is 23.9 Å². The van der Waals surface area contributed by atoms with Crippen LogP contribution in [0.2, 0.25) is 0 Å². The van der Waals surface area contributed by atoms with Crippen molar-refractivity contribution >= 4 is 28.7 Å². The first-order chi connectivity index (χ1) is 14.8. The summed E-state index contributed by atoms with van der Waals surface area (Å²) in [6.07, 6.45) is 0.454. The molecule has 0 saturated carbocycles. The van der Waals surface area contributed by atoms with Crippen molar-refractivity contribution in [3.63, 3.8) is 0 Å². The zero-order chi connectivity index (χ0) is 22.1. The molecule has 3 aromatic carbocycles. The lowest BCUT2D eigenvalue weighted by Gasteiger charge is -2.36. The Labute approximate surface area is 180 Å². The molecule has 0 bridgehead atoms. The van der Waals surface area contributed by atoms with Crippen molar-refractivity contribution in [3.05, 3.63) is 89.5 Å². The van der Waals surface area contributed by atoms with E-state index >= 15 is 0 Å². The summed E-state index contributed by atoms with van der Waals surface area (Å²) in [4.78, 5) is 21.7. The lowest BCUT2D eigenvalue weighted by molar-refractivity contribution is 0.0978. The summed E-state index contributed by atoms with van der Waals surface area (Å²) in [7, 11) is 3.88. The topological polar surface area (TPSA) is 35.9 Å². The smallest absolute Gasteiger partial charge is 0.258 e. The van der Waals surface area contributed by atoms with Crippen LogP contribution < -0.4 is 9.80 Å². The van der Waals surface area contributed by atoms with E-state index in [4.69, 9.17) is 0 Å². The van der Waals surface area contributed by atoms with Crippen LogP contribution in [-0.2, 0) is 0 Å². The Morgan fingerprint density at radius 1 is 0.968 bits per heavy atom. The van der Waals surface area contributed by atoms with Gasteiger partial charge in [0.05, 0.1) is 17.1 Å². The van der Waals surface area contributed by atoms with Crippen LogP contribution in [0.25, 0.3) is 0 Å². The van der Waals surface area contributed by atoms with Crippen LogP contribution in [0.3, 0.4) is 0 Å². The first-order valence-electron chi connectivity index (χ1n) is 10.1. The average molecular weight is 419 g/mol. The van der Waals surface area contributed by atoms with Crippen molar-refractivity contribution in [1.82, 2.24) is 0 Å². The van der Waals surface area contributed by atoms with Gasteiger partial charge in [0.25, 0.3) is 5.91 Å². The molecule has 4 rings (SSSR count). The summed E-state index contributed by atoms with van der Waals surface area (Å²) in [5.41, 5.74) is 3.99. The number of nitrogens with zero attached hydrogens (tertiary/aromatic N) is 3. The molecule has 0 radical (unpaired) electrons. The molecule has 1 aliphatic rings. The zero-order valence-electron chi connectivity index (χ0n) is 17.6. The molecule has 0 saturated heterocycles. The largest absolute Gasteiger partial charge is 0.378 e. The van der Waals surface area contributed by atoms with Gasteiger partial charge >= 0.3 is 0 Å². The molecule has 6 heteroatoms. The van der Waals surface area contributed by atoms with Crippen molar-refractivity contribution in [3.8, 4) is 0 Å². The normalized spacial score (nSPS) is 16.9. The molecule has 0 aliphatic carbocycles. The Balaban J connectivity index is 1.74. The quantitative estimate of drug-likeness (QED) is 0.555. The Kier molecular flexibility index (Phi) is 5.55. The fourth-order valence-electron chi connectivity index (χ4n) is 3.80. The van der Waals surface area contributed by atoms with Crippen molar-refractivity contribution < 1.29 is 13.6 Å². The fourth-order valence-corrected chi connectivity index (χ4v) is 3.80. The Hall–Kier alpha value is -3.54. The highest BCUT2D eigenvalue weighted by Crippen LogP contribution is 2.34. The van der Waals surface area contributed by atoms with E-state index in [9.17, 15) is 13.6 Å². The molecule has 31 heavy (non-hydrogen) atoms. The molecule has 0 aromatic heterocycles. The maximum atomic E-state index is 14.1. The third kappa shape index (κ3) is 4.19. The van der Waals surface area contributed by atoms with Gasteiger partial charge in [-0.3, -0.25) is 9.79 Å². The number of aliphatic imine (C=N–C) groups is 1. The summed E-state index contributed by atoms with van der Waals surface area (Å²) in [6.45, 7) is 1.94. The molecule has 1 amide bonds. The third-order valence-corrected chi connectivity index (χ3v) is 5.40. The second-order valence-electron chi connectivity index (χ2n) is 7.87. The molecular formula is C25H23F2N3O. The van der Waals surface area contributed by atoms with Crippen molar-refractivity contribution in [2.45, 2.75) is 19.4 Å². The van der Waals surface area contributed by atoms with E-state index in [-0.39, 0.29) is 17.8 Å². The monoisotopic (exact) mass is 419 g/mol. The summed E-state index contributed by atoms with van der Waals surface area (Å²) >= 11 is 0. The minimum atomic E-state index is -0.400. The Morgan fingerprint density at radius 3 is 2.26 bits per heavy atom. The van der Waals surface area contributed by atoms with Gasteiger partial charge < -0.3 is 9.80 Å². The van der Waals surface area contributed by atoms with Gasteiger partial charge in [-0.15, -0.1) is 0 Å². The average Bonchev–Trinajstić information content (AvgIpc) is 2.75. The van der Waals surface area contributed by atoms with E-state index in [1.165, 1.54) is 24.3 Å². The number of hydrogen-bond donors (Lipinski definition) is 0. The molecular weight excluding hydrogens is 396 g/mol. The van der Waals surface area contributed by atoms with E-state index in [1.54, 1.807) is 35.2 Å². The number of hydrogen-bond acceptors (Lipinski definition) is 3. The van der Waals surface area contributed by atoms with Crippen LogP contribution in [-0.4, -0.2) is 31.8 Å². The lowest BCUT2D eigenvalue weighted by Crippen LogP contribution is -2.44. The summed E-state index contributed by atoms with van der Waals surface area (Å²) in [5, 5.41) is 0. The summed E-state index contributed by atoms with van der Waals surface area (Å²) in [5.74, 6) is -0.890. The van der Waals surface area contributed by atoms with Gasteiger partial charge in [0.2, 0.25) is 0 Å². The first-order valence-corrected chi connectivity index (χ1v) is 10.1. The lowest BCUT2D eigenvalue weighted by atomic mass is 9.93. The molecule has 3 aromatic rings. The van der Waals surface area contributed by atoms with Gasteiger partial charge in [-0.25, -0.2) is 8.78 Å². The van der Waals surface area contributed by atoms with Crippen LogP contribution in [0, 0.1) is 11.6 Å². The second kappa shape index (κ2) is 8.30. The molecule has 158 valence electrons. The molecule has 1 unspecified atom stereocenters. The van der Waals surface area contributed by atoms with Gasteiger partial charge in [-0.2, -0.15) is 0 Å². The Morgan fingerprint density at radius 2 is 1.61 bits per heavy atom. The maximum absolute atomic E-state index is 14.1. The SMILES string of the molecule is CC1CC(=Nc2ccc(F)cc2)c2cc(F)ccc2N1C(=O)c1ccc(N(C)C)cc1. The van der Waals surface area contributed by atoms with E-state index < -0.39 is 5.82 Å². The molecule has 1 aliphatic heterocycles. The predicted molar refractivity (Wildman–Crippen MR) is 121 cm³/mol. The van der Waals surface area contributed by atoms with Gasteiger partial charge in [0.1, 0.15) is 11.6 Å². The summed E-state index contributed by atoms with van der Waals surface area (Å²) < 4.78 is 27.4. The molecule has 1 atom stereocenters. The standard InChI is InChI=1S/C25H23F2N3O/c1-16-14-23(28-20-9-6-18(26)7-10-20)22-15-19(27)8-13-24(22)30(16)25(31)17-4-11-21(12-5-17)29(2)3/h4-13,15-16H,14H2,1-3H3. The fraction of sp³-hybridized carbons (Fsp3) is 0.200. The highest BCUT2D eigenvalue weighted by molar-refractivity contribution is 6.16. The highest BCUT2D eigenvalue weighted by atomic mass is 19.1. The van der Waals surface area contributed by atoms with Crippen LogP contribution in [0.15, 0.2) is 71.7 Å². The minimum absolute atomic E-state index is 0.147. The third-order valence-electron chi connectivity index (χ3n) is 5.40. The van der Waals surface area contributed by atoms with Gasteiger partial charge in [-0.1, -0.05) is 0 Å². The highest BCUT2D eigenvalue weighted by Gasteiger charge is 2.32. The van der Waals surface area contributed by atoms with E-state index in [0.717, 1.165) is 5.69 Å². The number of carbonyl (C=O) groups is 1. The van der Waals surface area contributed by atoms with Gasteiger partial charge in [-0.05, 0) is 73.7 Å². The number of anilines is 2. The predicted octanol–water partition coefficient (Wildman–Crippen LogP) is 5.59. The number of amides is 1. The molecule has 0 N–H and O–H groups in total. The van der Waals surface area contributed by atoms with Crippen LogP contribution in [0.5, 0.6) is 0 Å². The number of benzene rings is 3. The second-order valence-corrected chi connectivity index (χ2v) is 7.87. The van der Waals surface area contributed by atoms with Gasteiger partial charge in [0.15, 0.2) is 0 Å². The summed E-state index contributed by atoms with van der Waals surface area (Å²) in [6, 6.07) is 17.4. The van der Waals surface area contributed by atoms with Crippen molar-refractivity contribution in [2.24, 2.45) is 4.99 Å². The Bertz CT molecular complexity index is 1140. The first kappa shape index (κ1) is 20.7. The zero-order valence-corrected chi connectivity index (χ0v) is 17.6. The molecule has 1 heterocycles. The van der Waals surface area contributed by atoms with E-state index in [1.807, 2.05) is 38.1 Å². The van der Waals surface area contributed by atoms with Crippen LogP contribution in [0.1, 0.15) is 29.3 Å². The van der Waals surface area contributed by atoms with E-state index in [2.05, 4.69) is 4.99 Å². The number of fused-ring (bicyclic) bond motifs is 1. The van der Waals surface area contributed by atoms with Crippen LogP contribution >= 0.6 is 0 Å². The minimum Gasteiger partial charge on any atom is -0.378 e.